The van der Waals surface area contributed by atoms with Gasteiger partial charge in [0.2, 0.25) is 5.95 Å². The van der Waals surface area contributed by atoms with E-state index in [9.17, 15) is 13.6 Å². The van der Waals surface area contributed by atoms with E-state index in [-0.39, 0.29) is 38.6 Å². The highest BCUT2D eigenvalue weighted by Gasteiger charge is 2.25. The molecule has 15 heteroatoms. The van der Waals surface area contributed by atoms with Gasteiger partial charge in [-0.15, -0.1) is 0 Å². The molecule has 1 aromatic carbocycles. The second-order valence-corrected chi connectivity index (χ2v) is 12.1. The van der Waals surface area contributed by atoms with Gasteiger partial charge in [-0.25, -0.2) is 32.3 Å². The summed E-state index contributed by atoms with van der Waals surface area (Å²) in [5.41, 5.74) is 6.93. The predicted octanol–water partition coefficient (Wildman–Crippen LogP) is 5.50. The fraction of sp³-hybridized carbons (Fsp3) is 0.346. The number of rotatable bonds is 11. The van der Waals surface area contributed by atoms with Crippen LogP contribution in [-0.2, 0) is 4.74 Å². The molecule has 2 heterocycles. The molecule has 220 valence electrons. The van der Waals surface area contributed by atoms with E-state index >= 15 is 4.39 Å². The van der Waals surface area contributed by atoms with Gasteiger partial charge in [0.05, 0.1) is 46.9 Å². The van der Waals surface area contributed by atoms with Crippen molar-refractivity contribution in [3.63, 3.8) is 0 Å². The number of nitrogens with two attached hydrogens (primary N) is 1. The van der Waals surface area contributed by atoms with Crippen molar-refractivity contribution < 1.29 is 22.7 Å². The third kappa shape index (κ3) is 9.23. The fourth-order valence-corrected chi connectivity index (χ4v) is 4.44. The Hall–Kier alpha value is -3.56. The molecule has 0 aliphatic heterocycles. The van der Waals surface area contributed by atoms with Crippen molar-refractivity contribution in [3.05, 3.63) is 71.6 Å². The average molecular weight is 609 g/mol. The van der Waals surface area contributed by atoms with Gasteiger partial charge in [-0.05, 0) is 69.8 Å². The van der Waals surface area contributed by atoms with Gasteiger partial charge < -0.3 is 25.8 Å². The van der Waals surface area contributed by atoms with E-state index in [4.69, 9.17) is 5.73 Å². The number of nitrogens with zero attached hydrogens (tertiary/aromatic N) is 4. The standard InChI is InChI=1S/C26H31F3N8O2S2/c1-14(34-25(38)39-5)11-33-24-32-10-9-18(35-24)21(30)22(37-41-26(2,3)4)15-12-31-13-19(20(15)29)36-40-23-16(27)7-6-8-17(23)28/h6-10,12-14,21,36H,11,30H2,1-5H3,(H,34,38)(H,32,33,35)/t14-,21?/m0/s1. The highest BCUT2D eigenvalue weighted by Crippen LogP contribution is 2.32. The molecule has 10 nitrogen and oxygen atoms in total. The van der Waals surface area contributed by atoms with E-state index in [2.05, 4.69) is 39.4 Å². The molecule has 0 fully saturated rings. The largest absolute Gasteiger partial charge is 0.453 e. The smallest absolute Gasteiger partial charge is 0.407 e. The van der Waals surface area contributed by atoms with Crippen LogP contribution < -0.4 is 21.1 Å². The zero-order valence-electron chi connectivity index (χ0n) is 23.0. The lowest BCUT2D eigenvalue weighted by Gasteiger charge is -2.20. The van der Waals surface area contributed by atoms with Crippen LogP contribution in [0.2, 0.25) is 0 Å². The molecule has 3 rings (SSSR count). The minimum absolute atomic E-state index is 0.0159. The van der Waals surface area contributed by atoms with Crippen LogP contribution in [0.5, 0.6) is 0 Å². The Bertz CT molecular complexity index is 1370. The average Bonchev–Trinajstić information content (AvgIpc) is 2.92. The Balaban J connectivity index is 1.89. The molecular weight excluding hydrogens is 577 g/mol. The summed E-state index contributed by atoms with van der Waals surface area (Å²) in [7, 11) is 1.27. The minimum atomic E-state index is -0.998. The SMILES string of the molecule is COC(=O)N[C@@H](C)CNc1nccc(C(N)C(=NSC(C)(C)C)c2cncc(NSc3c(F)cccc3F)c2F)n1. The maximum absolute atomic E-state index is 15.8. The second-order valence-electron chi connectivity index (χ2n) is 9.68. The highest BCUT2D eigenvalue weighted by atomic mass is 32.2. The van der Waals surface area contributed by atoms with Gasteiger partial charge >= 0.3 is 6.09 Å². The summed E-state index contributed by atoms with van der Waals surface area (Å²) in [6, 6.07) is 3.73. The number of carbonyl (C=O) groups excluding carboxylic acids is 1. The Morgan fingerprint density at radius 1 is 1.17 bits per heavy atom. The van der Waals surface area contributed by atoms with Gasteiger partial charge in [-0.1, -0.05) is 6.07 Å². The number of anilines is 2. The molecule has 2 atom stereocenters. The van der Waals surface area contributed by atoms with Crippen molar-refractivity contribution in [1.82, 2.24) is 20.3 Å². The Morgan fingerprint density at radius 2 is 1.88 bits per heavy atom. The summed E-state index contributed by atoms with van der Waals surface area (Å²) in [5.74, 6) is -2.11. The number of halogens is 3. The van der Waals surface area contributed by atoms with Crippen molar-refractivity contribution in [1.29, 1.82) is 0 Å². The van der Waals surface area contributed by atoms with E-state index < -0.39 is 29.6 Å². The minimum Gasteiger partial charge on any atom is -0.453 e. The predicted molar refractivity (Wildman–Crippen MR) is 156 cm³/mol. The third-order valence-electron chi connectivity index (χ3n) is 5.16. The van der Waals surface area contributed by atoms with Gasteiger partial charge in [-0.2, -0.15) is 0 Å². The van der Waals surface area contributed by atoms with Crippen LogP contribution in [0, 0.1) is 17.5 Å². The van der Waals surface area contributed by atoms with Crippen LogP contribution in [0.3, 0.4) is 0 Å². The van der Waals surface area contributed by atoms with Gasteiger partial charge in [0.1, 0.15) is 11.6 Å². The van der Waals surface area contributed by atoms with Crippen LogP contribution in [-0.4, -0.2) is 51.2 Å². The summed E-state index contributed by atoms with van der Waals surface area (Å²) in [4.78, 5) is 23.8. The number of nitrogens with one attached hydrogen (secondary N) is 3. The topological polar surface area (TPSA) is 139 Å². The number of methoxy groups -OCH3 is 1. The molecule has 0 aliphatic rings. The molecule has 3 aromatic rings. The van der Waals surface area contributed by atoms with Crippen molar-refractivity contribution >= 4 is 47.3 Å². The summed E-state index contributed by atoms with van der Waals surface area (Å²) in [5, 5.41) is 5.63. The molecule has 0 aliphatic carbocycles. The molecule has 2 aromatic heterocycles. The Kier molecular flexibility index (Phi) is 11.2. The first-order chi connectivity index (χ1) is 19.4. The molecule has 0 spiro atoms. The van der Waals surface area contributed by atoms with Gasteiger partial charge in [-0.3, -0.25) is 4.98 Å². The lowest BCUT2D eigenvalue weighted by molar-refractivity contribution is 0.168. The second kappa shape index (κ2) is 14.4. The maximum Gasteiger partial charge on any atom is 0.407 e. The third-order valence-corrected chi connectivity index (χ3v) is 6.91. The Labute approximate surface area is 244 Å². The maximum atomic E-state index is 15.8. The van der Waals surface area contributed by atoms with Crippen LogP contribution in [0.25, 0.3) is 0 Å². The van der Waals surface area contributed by atoms with E-state index in [0.29, 0.717) is 24.2 Å². The zero-order valence-corrected chi connectivity index (χ0v) is 24.7. The fourth-order valence-electron chi connectivity index (χ4n) is 3.17. The van der Waals surface area contributed by atoms with E-state index in [0.717, 1.165) is 12.1 Å². The number of amides is 1. The van der Waals surface area contributed by atoms with Crippen LogP contribution in [0.1, 0.15) is 45.0 Å². The van der Waals surface area contributed by atoms with Crippen LogP contribution in [0.4, 0.5) is 29.6 Å². The summed E-state index contributed by atoms with van der Waals surface area (Å²) in [6.45, 7) is 7.87. The number of alkyl carbamates (subject to hydrolysis) is 1. The van der Waals surface area contributed by atoms with Gasteiger partial charge in [0.15, 0.2) is 5.82 Å². The zero-order chi connectivity index (χ0) is 30.2. The van der Waals surface area contributed by atoms with E-state index in [1.807, 2.05) is 20.8 Å². The number of ether oxygens (including phenoxy) is 1. The molecule has 1 unspecified atom stereocenters. The number of aromatic nitrogens is 3. The molecule has 1 amide bonds. The van der Waals surface area contributed by atoms with Crippen molar-refractivity contribution in [3.8, 4) is 0 Å². The number of hydrogen-bond acceptors (Lipinski definition) is 11. The normalized spacial score (nSPS) is 13.3. The molecule has 0 saturated heterocycles. The summed E-state index contributed by atoms with van der Waals surface area (Å²) in [6.07, 6.45) is 3.39. The van der Waals surface area contributed by atoms with Crippen LogP contribution >= 0.6 is 23.9 Å². The molecule has 5 N–H and O–H groups in total. The van der Waals surface area contributed by atoms with Gasteiger partial charge in [0.25, 0.3) is 0 Å². The molecule has 0 bridgehead atoms. The molecule has 0 radical (unpaired) electrons. The number of benzene rings is 1. The summed E-state index contributed by atoms with van der Waals surface area (Å²) >= 11 is 1.77. The van der Waals surface area contributed by atoms with Gasteiger partial charge in [0, 0.05) is 29.7 Å². The number of carbonyl (C=O) groups is 1. The Morgan fingerprint density at radius 3 is 2.54 bits per heavy atom. The number of pyridine rings is 1. The number of hydrogen-bond donors (Lipinski definition) is 4. The van der Waals surface area contributed by atoms with Crippen molar-refractivity contribution in [2.24, 2.45) is 10.1 Å². The quantitative estimate of drug-likeness (QED) is 0.163. The van der Waals surface area contributed by atoms with E-state index in [1.54, 1.807) is 13.0 Å². The van der Waals surface area contributed by atoms with Crippen molar-refractivity contribution in [2.45, 2.75) is 49.4 Å². The molecule has 0 saturated carbocycles. The monoisotopic (exact) mass is 608 g/mol. The lowest BCUT2D eigenvalue weighted by Crippen LogP contribution is -2.37. The molecule has 41 heavy (non-hydrogen) atoms. The first-order valence-electron chi connectivity index (χ1n) is 12.3. The highest BCUT2D eigenvalue weighted by molar-refractivity contribution is 8.00. The lowest BCUT2D eigenvalue weighted by atomic mass is 10.0. The van der Waals surface area contributed by atoms with E-state index in [1.165, 1.54) is 43.7 Å². The molecular formula is C26H31F3N8O2S2. The van der Waals surface area contributed by atoms with Crippen molar-refractivity contribution in [2.75, 3.05) is 23.7 Å². The first kappa shape index (κ1) is 32.0. The first-order valence-corrected chi connectivity index (χ1v) is 13.9. The summed E-state index contributed by atoms with van der Waals surface area (Å²) < 4.78 is 55.4. The van der Waals surface area contributed by atoms with Crippen LogP contribution in [0.15, 0.2) is 52.1 Å².